The summed E-state index contributed by atoms with van der Waals surface area (Å²) in [7, 11) is 0. The van der Waals surface area contributed by atoms with E-state index in [1.54, 1.807) is 0 Å². The second kappa shape index (κ2) is 3.53. The molecule has 82 valence electrons. The lowest BCUT2D eigenvalue weighted by atomic mass is 9.84. The first-order chi connectivity index (χ1) is 7.01. The van der Waals surface area contributed by atoms with Gasteiger partial charge in [0, 0.05) is 6.42 Å². The molecule has 1 aromatic rings. The molecular formula is C13H18O2. The van der Waals surface area contributed by atoms with Crippen molar-refractivity contribution < 1.29 is 9.84 Å². The SMILES string of the molecule is CC(C)C(C)(O)c1ccc2c(c1)CCO2. The highest BCUT2D eigenvalue weighted by molar-refractivity contribution is 5.41. The molecule has 0 saturated heterocycles. The Morgan fingerprint density at radius 1 is 1.40 bits per heavy atom. The molecule has 2 rings (SSSR count). The number of fused-ring (bicyclic) bond motifs is 1. The van der Waals surface area contributed by atoms with E-state index in [0.29, 0.717) is 0 Å². The Morgan fingerprint density at radius 3 is 2.80 bits per heavy atom. The number of rotatable bonds is 2. The lowest BCUT2D eigenvalue weighted by molar-refractivity contribution is 0.00899. The average molecular weight is 206 g/mol. The van der Waals surface area contributed by atoms with Crippen LogP contribution in [-0.2, 0) is 12.0 Å². The highest BCUT2D eigenvalue weighted by Gasteiger charge is 2.28. The van der Waals surface area contributed by atoms with Crippen LogP contribution in [0.15, 0.2) is 18.2 Å². The van der Waals surface area contributed by atoms with Crippen molar-refractivity contribution in [2.24, 2.45) is 5.92 Å². The Morgan fingerprint density at radius 2 is 2.13 bits per heavy atom. The van der Waals surface area contributed by atoms with E-state index in [-0.39, 0.29) is 5.92 Å². The topological polar surface area (TPSA) is 29.5 Å². The Balaban J connectivity index is 2.38. The summed E-state index contributed by atoms with van der Waals surface area (Å²) in [6.07, 6.45) is 0.956. The molecule has 1 unspecified atom stereocenters. The van der Waals surface area contributed by atoms with Gasteiger partial charge in [0.25, 0.3) is 0 Å². The highest BCUT2D eigenvalue weighted by Crippen LogP contribution is 2.33. The maximum absolute atomic E-state index is 10.4. The van der Waals surface area contributed by atoms with Gasteiger partial charge in [-0.15, -0.1) is 0 Å². The third kappa shape index (κ3) is 1.74. The number of aliphatic hydroxyl groups is 1. The fourth-order valence-electron chi connectivity index (χ4n) is 1.83. The van der Waals surface area contributed by atoms with Crippen molar-refractivity contribution in [2.75, 3.05) is 6.61 Å². The molecule has 0 aliphatic carbocycles. The predicted octanol–water partition coefficient (Wildman–Crippen LogP) is 2.49. The number of ether oxygens (including phenoxy) is 1. The van der Waals surface area contributed by atoms with Gasteiger partial charge in [-0.25, -0.2) is 0 Å². The average Bonchev–Trinajstić information content (AvgIpc) is 2.63. The highest BCUT2D eigenvalue weighted by atomic mass is 16.5. The molecule has 0 aromatic heterocycles. The van der Waals surface area contributed by atoms with Crippen molar-refractivity contribution in [1.82, 2.24) is 0 Å². The fraction of sp³-hybridized carbons (Fsp3) is 0.538. The Kier molecular flexibility index (Phi) is 2.47. The van der Waals surface area contributed by atoms with Crippen LogP contribution in [0.25, 0.3) is 0 Å². The first-order valence-electron chi connectivity index (χ1n) is 5.50. The third-order valence-electron chi connectivity index (χ3n) is 3.40. The standard InChI is InChI=1S/C13H18O2/c1-9(2)13(3,14)11-4-5-12-10(8-11)6-7-15-12/h4-5,8-9,14H,6-7H2,1-3H3. The minimum absolute atomic E-state index is 0.206. The lowest BCUT2D eigenvalue weighted by Gasteiger charge is -2.28. The van der Waals surface area contributed by atoms with E-state index in [1.165, 1.54) is 5.56 Å². The van der Waals surface area contributed by atoms with Crippen LogP contribution in [0.2, 0.25) is 0 Å². The molecule has 1 N–H and O–H groups in total. The van der Waals surface area contributed by atoms with Gasteiger partial charge in [-0.2, -0.15) is 0 Å². The van der Waals surface area contributed by atoms with Gasteiger partial charge in [0.1, 0.15) is 5.75 Å². The molecule has 0 amide bonds. The van der Waals surface area contributed by atoms with E-state index < -0.39 is 5.60 Å². The van der Waals surface area contributed by atoms with E-state index in [9.17, 15) is 5.11 Å². The summed E-state index contributed by atoms with van der Waals surface area (Å²) in [4.78, 5) is 0. The van der Waals surface area contributed by atoms with Gasteiger partial charge >= 0.3 is 0 Å². The number of hydrogen-bond donors (Lipinski definition) is 1. The fourth-order valence-corrected chi connectivity index (χ4v) is 1.83. The maximum atomic E-state index is 10.4. The minimum Gasteiger partial charge on any atom is -0.493 e. The monoisotopic (exact) mass is 206 g/mol. The Bertz CT molecular complexity index is 367. The predicted molar refractivity (Wildman–Crippen MR) is 60.0 cm³/mol. The number of hydrogen-bond acceptors (Lipinski definition) is 2. The molecule has 0 radical (unpaired) electrons. The van der Waals surface area contributed by atoms with Crippen molar-refractivity contribution in [1.29, 1.82) is 0 Å². The molecule has 15 heavy (non-hydrogen) atoms. The molecule has 1 aliphatic rings. The molecule has 1 aliphatic heterocycles. The van der Waals surface area contributed by atoms with Gasteiger partial charge in [-0.05, 0) is 36.1 Å². The van der Waals surface area contributed by atoms with Crippen LogP contribution in [0, 0.1) is 5.92 Å². The molecule has 0 saturated carbocycles. The zero-order valence-corrected chi connectivity index (χ0v) is 9.58. The molecule has 0 spiro atoms. The lowest BCUT2D eigenvalue weighted by Crippen LogP contribution is -2.27. The van der Waals surface area contributed by atoms with Gasteiger partial charge in [0.05, 0.1) is 12.2 Å². The summed E-state index contributed by atoms with van der Waals surface area (Å²) < 4.78 is 5.44. The van der Waals surface area contributed by atoms with Crippen molar-refractivity contribution in [3.8, 4) is 5.75 Å². The molecule has 0 bridgehead atoms. The first-order valence-corrected chi connectivity index (χ1v) is 5.50. The summed E-state index contributed by atoms with van der Waals surface area (Å²) in [6, 6.07) is 6.00. The van der Waals surface area contributed by atoms with Crippen molar-refractivity contribution in [2.45, 2.75) is 32.8 Å². The molecule has 1 heterocycles. The molecule has 1 aromatic carbocycles. The van der Waals surface area contributed by atoms with Crippen LogP contribution in [0.1, 0.15) is 31.9 Å². The maximum Gasteiger partial charge on any atom is 0.122 e. The summed E-state index contributed by atoms with van der Waals surface area (Å²) in [6.45, 7) is 6.70. The van der Waals surface area contributed by atoms with Gasteiger partial charge in [0.15, 0.2) is 0 Å². The van der Waals surface area contributed by atoms with Crippen LogP contribution >= 0.6 is 0 Å². The Labute approximate surface area is 90.9 Å². The van der Waals surface area contributed by atoms with Crippen LogP contribution in [0.4, 0.5) is 0 Å². The van der Waals surface area contributed by atoms with Gasteiger partial charge in [-0.3, -0.25) is 0 Å². The normalized spacial score (nSPS) is 18.5. The molecule has 0 fully saturated rings. The van der Waals surface area contributed by atoms with E-state index in [4.69, 9.17) is 4.74 Å². The summed E-state index contributed by atoms with van der Waals surface area (Å²) in [5.74, 6) is 1.18. The van der Waals surface area contributed by atoms with Crippen LogP contribution in [0.5, 0.6) is 5.75 Å². The molecule has 2 nitrogen and oxygen atoms in total. The van der Waals surface area contributed by atoms with Crippen molar-refractivity contribution in [3.63, 3.8) is 0 Å². The van der Waals surface area contributed by atoms with Crippen LogP contribution in [0.3, 0.4) is 0 Å². The van der Waals surface area contributed by atoms with E-state index >= 15 is 0 Å². The second-order valence-electron chi connectivity index (χ2n) is 4.72. The third-order valence-corrected chi connectivity index (χ3v) is 3.40. The molecule has 2 heteroatoms. The first kappa shape index (κ1) is 10.5. The van der Waals surface area contributed by atoms with Crippen LogP contribution < -0.4 is 4.74 Å². The zero-order valence-electron chi connectivity index (χ0n) is 9.58. The zero-order chi connectivity index (χ0) is 11.1. The summed E-state index contributed by atoms with van der Waals surface area (Å²) in [5.41, 5.74) is 1.45. The van der Waals surface area contributed by atoms with E-state index in [0.717, 1.165) is 24.3 Å². The summed E-state index contributed by atoms with van der Waals surface area (Å²) >= 11 is 0. The van der Waals surface area contributed by atoms with E-state index in [2.05, 4.69) is 6.07 Å². The second-order valence-corrected chi connectivity index (χ2v) is 4.72. The number of benzene rings is 1. The van der Waals surface area contributed by atoms with Crippen LogP contribution in [-0.4, -0.2) is 11.7 Å². The van der Waals surface area contributed by atoms with Crippen molar-refractivity contribution in [3.05, 3.63) is 29.3 Å². The minimum atomic E-state index is -0.752. The van der Waals surface area contributed by atoms with Gasteiger partial charge in [0.2, 0.25) is 0 Å². The smallest absolute Gasteiger partial charge is 0.122 e. The van der Waals surface area contributed by atoms with E-state index in [1.807, 2.05) is 32.9 Å². The molecule has 1 atom stereocenters. The Hall–Kier alpha value is -1.02. The summed E-state index contributed by atoms with van der Waals surface area (Å²) in [5, 5.41) is 10.4. The van der Waals surface area contributed by atoms with Crippen molar-refractivity contribution >= 4 is 0 Å². The quantitative estimate of drug-likeness (QED) is 0.805. The largest absolute Gasteiger partial charge is 0.493 e. The van der Waals surface area contributed by atoms with Gasteiger partial charge in [-0.1, -0.05) is 19.9 Å². The van der Waals surface area contributed by atoms with Gasteiger partial charge < -0.3 is 9.84 Å². The molecular weight excluding hydrogens is 188 g/mol.